The summed E-state index contributed by atoms with van der Waals surface area (Å²) in [6, 6.07) is 9.67. The lowest BCUT2D eigenvalue weighted by atomic mass is 10.1. The highest BCUT2D eigenvalue weighted by Crippen LogP contribution is 2.28. The molecule has 1 aliphatic heterocycles. The highest BCUT2D eigenvalue weighted by Gasteiger charge is 2.32. The van der Waals surface area contributed by atoms with Crippen LogP contribution in [0.15, 0.2) is 30.3 Å². The fraction of sp³-hybridized carbons (Fsp3) is 0.308. The normalized spacial score (nSPS) is 19.1. The van der Waals surface area contributed by atoms with E-state index in [1.807, 2.05) is 30.3 Å². The number of anilines is 1. The van der Waals surface area contributed by atoms with E-state index in [1.54, 1.807) is 4.90 Å². The van der Waals surface area contributed by atoms with Crippen LogP contribution in [0.25, 0.3) is 11.4 Å². The first-order valence-corrected chi connectivity index (χ1v) is 6.85. The SMILES string of the molecule is O=C1CC(CO)CN1c1nc(-c2ccccc2)ns1. The second-order valence-corrected chi connectivity index (χ2v) is 5.25. The molecule has 1 unspecified atom stereocenters. The molecule has 1 aromatic heterocycles. The fourth-order valence-electron chi connectivity index (χ4n) is 2.12. The molecule has 0 saturated carbocycles. The number of nitrogens with zero attached hydrogens (tertiary/aromatic N) is 3. The van der Waals surface area contributed by atoms with Crippen LogP contribution in [0.3, 0.4) is 0 Å². The lowest BCUT2D eigenvalue weighted by Gasteiger charge is -2.10. The van der Waals surface area contributed by atoms with Crippen LogP contribution in [0.5, 0.6) is 0 Å². The number of rotatable bonds is 3. The summed E-state index contributed by atoms with van der Waals surface area (Å²) in [6.07, 6.45) is 0.386. The van der Waals surface area contributed by atoms with Gasteiger partial charge in [-0.15, -0.1) is 0 Å². The number of aromatic nitrogens is 2. The zero-order valence-electron chi connectivity index (χ0n) is 10.2. The molecule has 0 spiro atoms. The van der Waals surface area contributed by atoms with Crippen LogP contribution >= 0.6 is 11.5 Å². The number of hydrogen-bond donors (Lipinski definition) is 1. The van der Waals surface area contributed by atoms with E-state index in [0.717, 1.165) is 5.56 Å². The molecular formula is C13H13N3O2S. The molecule has 1 aliphatic rings. The topological polar surface area (TPSA) is 66.3 Å². The second-order valence-electron chi connectivity index (χ2n) is 4.52. The van der Waals surface area contributed by atoms with Gasteiger partial charge in [0.2, 0.25) is 11.0 Å². The minimum atomic E-state index is 0.00908. The summed E-state index contributed by atoms with van der Waals surface area (Å²) in [6.45, 7) is 0.561. The third-order valence-corrected chi connectivity index (χ3v) is 3.88. The smallest absolute Gasteiger partial charge is 0.229 e. The number of carbonyl (C=O) groups is 1. The van der Waals surface area contributed by atoms with Crippen molar-refractivity contribution in [1.82, 2.24) is 9.36 Å². The highest BCUT2D eigenvalue weighted by molar-refractivity contribution is 7.10. The lowest BCUT2D eigenvalue weighted by Crippen LogP contribution is -2.24. The molecule has 1 fully saturated rings. The molecule has 1 saturated heterocycles. The van der Waals surface area contributed by atoms with Crippen molar-refractivity contribution < 1.29 is 9.90 Å². The van der Waals surface area contributed by atoms with Crippen molar-refractivity contribution in [3.8, 4) is 11.4 Å². The summed E-state index contributed by atoms with van der Waals surface area (Å²) in [4.78, 5) is 17.9. The standard InChI is InChI=1S/C13H13N3O2S/c17-8-9-6-11(18)16(7-9)13-14-12(15-19-13)10-4-2-1-3-5-10/h1-5,9,17H,6-8H2. The number of aliphatic hydroxyl groups excluding tert-OH is 1. The van der Waals surface area contributed by atoms with Crippen LogP contribution in [0, 0.1) is 5.92 Å². The average Bonchev–Trinajstić information content (AvgIpc) is 3.06. The number of carbonyl (C=O) groups excluding carboxylic acids is 1. The quantitative estimate of drug-likeness (QED) is 0.923. The van der Waals surface area contributed by atoms with Crippen molar-refractivity contribution >= 4 is 22.6 Å². The van der Waals surface area contributed by atoms with Crippen LogP contribution in [0.4, 0.5) is 5.13 Å². The van der Waals surface area contributed by atoms with E-state index in [1.165, 1.54) is 11.5 Å². The van der Waals surface area contributed by atoms with Crippen molar-refractivity contribution in [2.24, 2.45) is 5.92 Å². The molecule has 0 aliphatic carbocycles. The Morgan fingerprint density at radius 1 is 1.37 bits per heavy atom. The molecule has 3 rings (SSSR count). The van der Waals surface area contributed by atoms with Crippen LogP contribution < -0.4 is 4.90 Å². The molecule has 1 amide bonds. The average molecular weight is 275 g/mol. The summed E-state index contributed by atoms with van der Waals surface area (Å²) in [5.41, 5.74) is 0.940. The Bertz CT molecular complexity index is 585. The van der Waals surface area contributed by atoms with Gasteiger partial charge in [-0.3, -0.25) is 9.69 Å². The summed E-state index contributed by atoms with van der Waals surface area (Å²) in [7, 11) is 0. The first-order chi connectivity index (χ1) is 9.28. The molecule has 2 heterocycles. The van der Waals surface area contributed by atoms with Crippen molar-refractivity contribution in [2.45, 2.75) is 6.42 Å². The maximum atomic E-state index is 11.8. The van der Waals surface area contributed by atoms with Gasteiger partial charge in [-0.05, 0) is 0 Å². The molecule has 98 valence electrons. The highest BCUT2D eigenvalue weighted by atomic mass is 32.1. The van der Waals surface area contributed by atoms with Gasteiger partial charge in [0.1, 0.15) is 0 Å². The molecule has 6 heteroatoms. The van der Waals surface area contributed by atoms with E-state index in [9.17, 15) is 4.79 Å². The van der Waals surface area contributed by atoms with E-state index in [2.05, 4.69) is 9.36 Å². The first-order valence-electron chi connectivity index (χ1n) is 6.08. The maximum absolute atomic E-state index is 11.8. The van der Waals surface area contributed by atoms with E-state index in [0.29, 0.717) is 23.9 Å². The molecule has 0 bridgehead atoms. The molecule has 0 radical (unpaired) electrons. The van der Waals surface area contributed by atoms with Crippen molar-refractivity contribution in [2.75, 3.05) is 18.1 Å². The molecule has 19 heavy (non-hydrogen) atoms. The van der Waals surface area contributed by atoms with Crippen LogP contribution in [0.1, 0.15) is 6.42 Å². The van der Waals surface area contributed by atoms with Gasteiger partial charge >= 0.3 is 0 Å². The molecule has 2 aromatic rings. The lowest BCUT2D eigenvalue weighted by molar-refractivity contribution is -0.117. The summed E-state index contributed by atoms with van der Waals surface area (Å²) in [5, 5.41) is 9.73. The number of hydrogen-bond acceptors (Lipinski definition) is 5. The number of benzene rings is 1. The van der Waals surface area contributed by atoms with Gasteiger partial charge in [-0.25, -0.2) is 0 Å². The Morgan fingerprint density at radius 2 is 2.16 bits per heavy atom. The number of amides is 1. The summed E-state index contributed by atoms with van der Waals surface area (Å²) < 4.78 is 4.29. The van der Waals surface area contributed by atoms with Gasteiger partial charge in [0.25, 0.3) is 0 Å². The third-order valence-electron chi connectivity index (χ3n) is 3.14. The Balaban J connectivity index is 1.84. The predicted molar refractivity (Wildman–Crippen MR) is 72.9 cm³/mol. The van der Waals surface area contributed by atoms with Crippen LogP contribution in [-0.4, -0.2) is 33.5 Å². The van der Waals surface area contributed by atoms with Crippen molar-refractivity contribution in [3.63, 3.8) is 0 Å². The molecule has 1 atom stereocenters. The molecule has 1 N–H and O–H groups in total. The predicted octanol–water partition coefficient (Wildman–Crippen LogP) is 1.55. The van der Waals surface area contributed by atoms with Crippen LogP contribution in [-0.2, 0) is 4.79 Å². The molecule has 1 aromatic carbocycles. The monoisotopic (exact) mass is 275 g/mol. The Hall–Kier alpha value is -1.79. The van der Waals surface area contributed by atoms with Crippen LogP contribution in [0.2, 0.25) is 0 Å². The van der Waals surface area contributed by atoms with Gasteiger partial charge in [-0.1, -0.05) is 30.3 Å². The summed E-state index contributed by atoms with van der Waals surface area (Å²) >= 11 is 1.22. The van der Waals surface area contributed by atoms with Gasteiger partial charge in [0.15, 0.2) is 5.82 Å². The zero-order chi connectivity index (χ0) is 13.2. The van der Waals surface area contributed by atoms with Gasteiger partial charge in [-0.2, -0.15) is 9.36 Å². The van der Waals surface area contributed by atoms with E-state index in [-0.39, 0.29) is 18.4 Å². The molecule has 5 nitrogen and oxygen atoms in total. The molecular weight excluding hydrogens is 262 g/mol. The third kappa shape index (κ3) is 2.36. The largest absolute Gasteiger partial charge is 0.396 e. The van der Waals surface area contributed by atoms with Gasteiger partial charge in [0.05, 0.1) is 0 Å². The maximum Gasteiger partial charge on any atom is 0.229 e. The van der Waals surface area contributed by atoms with E-state index < -0.39 is 0 Å². The van der Waals surface area contributed by atoms with E-state index in [4.69, 9.17) is 5.11 Å². The second kappa shape index (κ2) is 5.07. The number of aliphatic hydroxyl groups is 1. The van der Waals surface area contributed by atoms with Crippen molar-refractivity contribution in [1.29, 1.82) is 0 Å². The zero-order valence-corrected chi connectivity index (χ0v) is 11.0. The Labute approximate surface area is 114 Å². The fourth-order valence-corrected chi connectivity index (χ4v) is 2.83. The Morgan fingerprint density at radius 3 is 2.84 bits per heavy atom. The van der Waals surface area contributed by atoms with Crippen molar-refractivity contribution in [3.05, 3.63) is 30.3 Å². The van der Waals surface area contributed by atoms with E-state index >= 15 is 0 Å². The minimum absolute atomic E-state index is 0.00908. The Kier molecular flexibility index (Phi) is 3.27. The first kappa shape index (κ1) is 12.3. The minimum Gasteiger partial charge on any atom is -0.396 e. The van der Waals surface area contributed by atoms with Gasteiger partial charge in [0, 0.05) is 42.6 Å². The van der Waals surface area contributed by atoms with Gasteiger partial charge < -0.3 is 5.11 Å². The summed E-state index contributed by atoms with van der Waals surface area (Å²) in [5.74, 6) is 0.659.